The van der Waals surface area contributed by atoms with Crippen LogP contribution in [0.5, 0.6) is 0 Å². The molecule has 1 aromatic rings. The van der Waals surface area contributed by atoms with Gasteiger partial charge in [0.1, 0.15) is 5.01 Å². The lowest BCUT2D eigenvalue weighted by Crippen LogP contribution is -2.48. The Kier molecular flexibility index (Phi) is 2.50. The zero-order chi connectivity index (χ0) is 13.0. The maximum Gasteiger partial charge on any atom is 0.223 e. The Bertz CT molecular complexity index is 489. The number of carbonyl (C=O) groups excluding carboxylic acids is 1. The van der Waals surface area contributed by atoms with E-state index in [-0.39, 0.29) is 5.91 Å². The number of carbonyl (C=O) groups is 1. The molecule has 1 heterocycles. The van der Waals surface area contributed by atoms with Crippen molar-refractivity contribution >= 4 is 22.4 Å². The average molecular weight is 277 g/mol. The van der Waals surface area contributed by atoms with Crippen LogP contribution in [0.15, 0.2) is 0 Å². The van der Waals surface area contributed by atoms with Gasteiger partial charge in [0.2, 0.25) is 11.0 Å². The van der Waals surface area contributed by atoms with Gasteiger partial charge in [0.05, 0.1) is 0 Å². The Morgan fingerprint density at radius 2 is 1.74 bits per heavy atom. The fraction of sp³-hybridized carbons (Fsp3) is 0.786. The van der Waals surface area contributed by atoms with Crippen molar-refractivity contribution in [2.24, 2.45) is 17.8 Å². The lowest BCUT2D eigenvalue weighted by Gasteiger charge is -2.55. The smallest absolute Gasteiger partial charge is 0.223 e. The Morgan fingerprint density at radius 3 is 2.26 bits per heavy atom. The molecule has 4 fully saturated rings. The van der Waals surface area contributed by atoms with Crippen LogP contribution in [0.4, 0.5) is 5.13 Å². The number of hydrogen-bond donors (Lipinski definition) is 1. The number of nitrogens with zero attached hydrogens (tertiary/aromatic N) is 2. The average Bonchev–Trinajstić information content (AvgIpc) is 2.75. The summed E-state index contributed by atoms with van der Waals surface area (Å²) in [4.78, 5) is 11.1. The first-order valence-corrected chi connectivity index (χ1v) is 8.06. The second-order valence-corrected chi connectivity index (χ2v) is 7.77. The van der Waals surface area contributed by atoms with Crippen LogP contribution < -0.4 is 5.32 Å². The molecule has 0 saturated heterocycles. The van der Waals surface area contributed by atoms with Crippen molar-refractivity contribution < 1.29 is 4.79 Å². The zero-order valence-corrected chi connectivity index (χ0v) is 12.0. The van der Waals surface area contributed by atoms with Crippen molar-refractivity contribution in [1.82, 2.24) is 10.2 Å². The van der Waals surface area contributed by atoms with Crippen LogP contribution in [-0.2, 0) is 10.2 Å². The Labute approximate surface area is 117 Å². The second-order valence-electron chi connectivity index (χ2n) is 6.79. The van der Waals surface area contributed by atoms with Crippen molar-refractivity contribution in [3.8, 4) is 0 Å². The number of amides is 1. The summed E-state index contributed by atoms with van der Waals surface area (Å²) in [6.45, 7) is 1.52. The van der Waals surface area contributed by atoms with Crippen molar-refractivity contribution in [3.63, 3.8) is 0 Å². The third-order valence-corrected chi connectivity index (χ3v) is 6.28. The first-order chi connectivity index (χ1) is 9.13. The molecule has 1 aromatic heterocycles. The molecule has 0 aliphatic heterocycles. The fourth-order valence-corrected chi connectivity index (χ4v) is 6.02. The molecule has 0 spiro atoms. The summed E-state index contributed by atoms with van der Waals surface area (Å²) >= 11 is 1.60. The van der Waals surface area contributed by atoms with E-state index >= 15 is 0 Å². The van der Waals surface area contributed by atoms with E-state index in [1.807, 2.05) is 0 Å². The normalized spacial score (nSPS) is 39.5. The van der Waals surface area contributed by atoms with Gasteiger partial charge < -0.3 is 5.32 Å². The SMILES string of the molecule is CC(=O)Nc1nnc(C23CC4CC(CC(C4)C2)C3)s1. The Hall–Kier alpha value is -0.970. The molecule has 1 N–H and O–H groups in total. The van der Waals surface area contributed by atoms with Crippen LogP contribution in [0.2, 0.25) is 0 Å². The molecule has 4 aliphatic rings. The summed E-state index contributed by atoms with van der Waals surface area (Å²) in [5, 5.41) is 13.2. The number of rotatable bonds is 2. The van der Waals surface area contributed by atoms with Gasteiger partial charge in [-0.05, 0) is 56.3 Å². The summed E-state index contributed by atoms with van der Waals surface area (Å²) in [6.07, 6.45) is 8.22. The predicted octanol–water partition coefficient (Wildman–Crippen LogP) is 2.96. The van der Waals surface area contributed by atoms with Gasteiger partial charge in [-0.3, -0.25) is 4.79 Å². The third kappa shape index (κ3) is 1.90. The molecule has 1 amide bonds. The molecular formula is C14H19N3OS. The molecular weight excluding hydrogens is 258 g/mol. The van der Waals surface area contributed by atoms with Crippen LogP contribution in [0.1, 0.15) is 50.5 Å². The molecule has 5 rings (SSSR count). The van der Waals surface area contributed by atoms with Gasteiger partial charge in [-0.25, -0.2) is 0 Å². The molecule has 102 valence electrons. The summed E-state index contributed by atoms with van der Waals surface area (Å²) in [5.74, 6) is 2.69. The van der Waals surface area contributed by atoms with Crippen LogP contribution in [-0.4, -0.2) is 16.1 Å². The first-order valence-electron chi connectivity index (χ1n) is 7.24. The minimum absolute atomic E-state index is 0.0618. The topological polar surface area (TPSA) is 54.9 Å². The van der Waals surface area contributed by atoms with E-state index in [9.17, 15) is 4.79 Å². The van der Waals surface area contributed by atoms with Gasteiger partial charge in [-0.15, -0.1) is 10.2 Å². The zero-order valence-electron chi connectivity index (χ0n) is 11.2. The van der Waals surface area contributed by atoms with Gasteiger partial charge >= 0.3 is 0 Å². The summed E-state index contributed by atoms with van der Waals surface area (Å²) in [5.41, 5.74) is 0.295. The van der Waals surface area contributed by atoms with Gasteiger partial charge in [0, 0.05) is 12.3 Å². The lowest BCUT2D eigenvalue weighted by atomic mass is 9.50. The van der Waals surface area contributed by atoms with Gasteiger partial charge in [-0.1, -0.05) is 11.3 Å². The van der Waals surface area contributed by atoms with Crippen LogP contribution >= 0.6 is 11.3 Å². The molecule has 0 atom stereocenters. The minimum atomic E-state index is -0.0618. The van der Waals surface area contributed by atoms with Crippen molar-refractivity contribution in [1.29, 1.82) is 0 Å². The van der Waals surface area contributed by atoms with Crippen LogP contribution in [0.25, 0.3) is 0 Å². The highest BCUT2D eigenvalue weighted by molar-refractivity contribution is 7.15. The predicted molar refractivity (Wildman–Crippen MR) is 74.1 cm³/mol. The van der Waals surface area contributed by atoms with E-state index in [2.05, 4.69) is 15.5 Å². The molecule has 4 nitrogen and oxygen atoms in total. The summed E-state index contributed by atoms with van der Waals surface area (Å²) < 4.78 is 0. The molecule has 0 aromatic carbocycles. The van der Waals surface area contributed by atoms with E-state index < -0.39 is 0 Å². The third-order valence-electron chi connectivity index (χ3n) is 5.20. The molecule has 4 saturated carbocycles. The van der Waals surface area contributed by atoms with E-state index in [0.717, 1.165) is 17.8 Å². The Balaban J connectivity index is 1.64. The molecule has 0 unspecified atom stereocenters. The van der Waals surface area contributed by atoms with Gasteiger partial charge in [-0.2, -0.15) is 0 Å². The standard InChI is InChI=1S/C14H19N3OS/c1-8(18)15-13-17-16-12(19-13)14-5-9-2-10(6-14)4-11(3-9)7-14/h9-11H,2-7H2,1H3,(H,15,17,18). The highest BCUT2D eigenvalue weighted by Gasteiger charge is 2.53. The van der Waals surface area contributed by atoms with E-state index in [1.165, 1.54) is 50.5 Å². The second kappa shape index (κ2) is 4.01. The van der Waals surface area contributed by atoms with Gasteiger partial charge in [0.15, 0.2) is 0 Å². The Morgan fingerprint density at radius 1 is 1.16 bits per heavy atom. The largest absolute Gasteiger partial charge is 0.301 e. The molecule has 19 heavy (non-hydrogen) atoms. The van der Waals surface area contributed by atoms with E-state index in [4.69, 9.17) is 0 Å². The van der Waals surface area contributed by atoms with Crippen molar-refractivity contribution in [3.05, 3.63) is 5.01 Å². The van der Waals surface area contributed by atoms with Crippen molar-refractivity contribution in [2.75, 3.05) is 5.32 Å². The number of anilines is 1. The monoisotopic (exact) mass is 277 g/mol. The van der Waals surface area contributed by atoms with E-state index in [0.29, 0.717) is 10.5 Å². The fourth-order valence-electron chi connectivity index (χ4n) is 5.01. The molecule has 4 bridgehead atoms. The molecule has 5 heteroatoms. The number of aromatic nitrogens is 2. The quantitative estimate of drug-likeness (QED) is 0.904. The number of hydrogen-bond acceptors (Lipinski definition) is 4. The van der Waals surface area contributed by atoms with Gasteiger partial charge in [0.25, 0.3) is 0 Å². The first kappa shape index (κ1) is 11.8. The van der Waals surface area contributed by atoms with Crippen molar-refractivity contribution in [2.45, 2.75) is 50.9 Å². The molecule has 4 aliphatic carbocycles. The van der Waals surface area contributed by atoms with Crippen LogP contribution in [0.3, 0.4) is 0 Å². The maximum atomic E-state index is 11.1. The van der Waals surface area contributed by atoms with E-state index in [1.54, 1.807) is 11.3 Å². The highest BCUT2D eigenvalue weighted by Crippen LogP contribution is 2.61. The molecule has 0 radical (unpaired) electrons. The highest BCUT2D eigenvalue weighted by atomic mass is 32.1. The summed E-state index contributed by atoms with van der Waals surface area (Å²) in [6, 6.07) is 0. The number of nitrogens with one attached hydrogen (secondary N) is 1. The van der Waals surface area contributed by atoms with Crippen LogP contribution in [0, 0.1) is 17.8 Å². The lowest BCUT2D eigenvalue weighted by molar-refractivity contribution is -0.114. The minimum Gasteiger partial charge on any atom is -0.301 e. The summed E-state index contributed by atoms with van der Waals surface area (Å²) in [7, 11) is 0. The maximum absolute atomic E-state index is 11.1.